The van der Waals surface area contributed by atoms with Crippen LogP contribution in [0, 0.1) is 0 Å². The normalized spacial score (nSPS) is 10.8. The van der Waals surface area contributed by atoms with Gasteiger partial charge >= 0.3 is 11.9 Å². The highest BCUT2D eigenvalue weighted by atomic mass is 35.5. The Balaban J connectivity index is 2.37. The van der Waals surface area contributed by atoms with Crippen LogP contribution in [0.3, 0.4) is 0 Å². The quantitative estimate of drug-likeness (QED) is 0.268. The minimum Gasteiger partial charge on any atom is -0.465 e. The second kappa shape index (κ2) is 10.5. The fourth-order valence-corrected chi connectivity index (χ4v) is 2.49. The molecule has 0 aromatic heterocycles. The zero-order valence-electron chi connectivity index (χ0n) is 12.6. The number of hydrogen-bond acceptors (Lipinski definition) is 4. The van der Waals surface area contributed by atoms with Crippen molar-refractivity contribution >= 4 is 46.7 Å². The van der Waals surface area contributed by atoms with Crippen molar-refractivity contribution in [3.63, 3.8) is 0 Å². The van der Waals surface area contributed by atoms with E-state index < -0.39 is 11.9 Å². The molecule has 1 aromatic carbocycles. The second-order valence-corrected chi connectivity index (χ2v) is 5.81. The number of rotatable bonds is 8. The van der Waals surface area contributed by atoms with Gasteiger partial charge in [0.05, 0.1) is 29.5 Å². The van der Waals surface area contributed by atoms with Gasteiger partial charge in [-0.05, 0) is 25.0 Å². The Bertz CT molecular complexity index is 562. The Kier molecular flexibility index (Phi) is 9.07. The van der Waals surface area contributed by atoms with Gasteiger partial charge in [0, 0.05) is 5.02 Å². The maximum absolute atomic E-state index is 11.7. The molecule has 0 radical (unpaired) electrons. The molecule has 0 spiro atoms. The maximum atomic E-state index is 11.7. The Morgan fingerprint density at radius 3 is 2.26 bits per heavy atom. The molecule has 0 saturated carbocycles. The third-order valence-corrected chi connectivity index (χ3v) is 3.44. The highest BCUT2D eigenvalue weighted by molar-refractivity contribution is 6.40. The van der Waals surface area contributed by atoms with Gasteiger partial charge in [0.1, 0.15) is 0 Å². The van der Waals surface area contributed by atoms with Crippen LogP contribution in [0.15, 0.2) is 24.3 Å². The third kappa shape index (κ3) is 7.73. The van der Waals surface area contributed by atoms with Crippen LogP contribution in [0.25, 0.3) is 0 Å². The summed E-state index contributed by atoms with van der Waals surface area (Å²) in [6, 6.07) is 2.82. The van der Waals surface area contributed by atoms with Crippen LogP contribution in [-0.4, -0.2) is 18.5 Å². The van der Waals surface area contributed by atoms with Crippen LogP contribution in [-0.2, 0) is 14.3 Å². The average molecular weight is 380 g/mol. The lowest BCUT2D eigenvalue weighted by atomic mass is 10.3. The third-order valence-electron chi connectivity index (χ3n) is 2.66. The topological polar surface area (TPSA) is 52.6 Å². The summed E-state index contributed by atoms with van der Waals surface area (Å²) in [5, 5.41) is 0.586. The largest absolute Gasteiger partial charge is 0.465 e. The minimum absolute atomic E-state index is 0.0285. The van der Waals surface area contributed by atoms with Gasteiger partial charge in [0.2, 0.25) is 0 Å². The predicted molar refractivity (Wildman–Crippen MR) is 91.3 cm³/mol. The first-order valence-corrected chi connectivity index (χ1v) is 8.23. The second-order valence-electron chi connectivity index (χ2n) is 4.56. The van der Waals surface area contributed by atoms with Crippen molar-refractivity contribution in [1.29, 1.82) is 0 Å². The van der Waals surface area contributed by atoms with Crippen LogP contribution < -0.4 is 4.74 Å². The van der Waals surface area contributed by atoms with E-state index in [4.69, 9.17) is 44.3 Å². The van der Waals surface area contributed by atoms with Gasteiger partial charge in [-0.15, -0.1) is 0 Å². The summed E-state index contributed by atoms with van der Waals surface area (Å²) in [7, 11) is 0. The number of allylic oxidation sites excluding steroid dienone is 1. The molecule has 0 atom stereocenters. The molecule has 23 heavy (non-hydrogen) atoms. The van der Waals surface area contributed by atoms with Crippen molar-refractivity contribution in [3.8, 4) is 5.75 Å². The highest BCUT2D eigenvalue weighted by Gasteiger charge is 2.15. The fraction of sp³-hybridized carbons (Fsp3) is 0.375. The van der Waals surface area contributed by atoms with Gasteiger partial charge in [-0.1, -0.05) is 53.9 Å². The first kappa shape index (κ1) is 19.8. The zero-order valence-corrected chi connectivity index (χ0v) is 14.9. The highest BCUT2D eigenvalue weighted by Crippen LogP contribution is 2.36. The van der Waals surface area contributed by atoms with Crippen LogP contribution in [0.4, 0.5) is 0 Å². The van der Waals surface area contributed by atoms with E-state index in [1.54, 1.807) is 0 Å². The molecule has 0 saturated heterocycles. The monoisotopic (exact) mass is 378 g/mol. The molecule has 0 fully saturated rings. The molecule has 0 unspecified atom stereocenters. The summed E-state index contributed by atoms with van der Waals surface area (Å²) in [6.45, 7) is 2.31. The van der Waals surface area contributed by atoms with Gasteiger partial charge in [-0.3, -0.25) is 9.59 Å². The van der Waals surface area contributed by atoms with Crippen molar-refractivity contribution in [2.75, 3.05) is 6.61 Å². The summed E-state index contributed by atoms with van der Waals surface area (Å²) in [5.41, 5.74) is 0. The molecular weight excluding hydrogens is 363 g/mol. The van der Waals surface area contributed by atoms with Crippen LogP contribution >= 0.6 is 34.8 Å². The van der Waals surface area contributed by atoms with E-state index >= 15 is 0 Å². The van der Waals surface area contributed by atoms with E-state index in [1.807, 2.05) is 19.1 Å². The first-order chi connectivity index (χ1) is 10.9. The van der Waals surface area contributed by atoms with E-state index in [1.165, 1.54) is 12.1 Å². The van der Waals surface area contributed by atoms with E-state index in [-0.39, 0.29) is 28.6 Å². The summed E-state index contributed by atoms with van der Waals surface area (Å²) in [6.07, 6.45) is 5.32. The number of benzene rings is 1. The number of carbonyl (C=O) groups is 2. The van der Waals surface area contributed by atoms with Crippen LogP contribution in [0.5, 0.6) is 5.75 Å². The Hall–Kier alpha value is -1.23. The number of carbonyl (C=O) groups excluding carboxylic acids is 2. The lowest BCUT2D eigenvalue weighted by Crippen LogP contribution is -2.13. The van der Waals surface area contributed by atoms with Crippen LogP contribution in [0.1, 0.15) is 32.6 Å². The smallest absolute Gasteiger partial charge is 0.311 e. The molecule has 0 N–H and O–H groups in total. The number of ether oxygens (including phenoxy) is 2. The number of halogens is 3. The Labute approximate surface area is 150 Å². The number of hydrogen-bond donors (Lipinski definition) is 0. The standard InChI is InChI=1S/C16H17Cl3O4/c1-2-3-4-5-8-22-14(20)6-7-15(21)23-16-12(18)9-11(17)10-13(16)19/h3-4,9-10H,2,5-8H2,1H3/b4-3+. The molecule has 0 bridgehead atoms. The summed E-state index contributed by atoms with van der Waals surface area (Å²) < 4.78 is 10.0. The molecule has 0 aliphatic heterocycles. The van der Waals surface area contributed by atoms with Crippen molar-refractivity contribution in [2.45, 2.75) is 32.6 Å². The van der Waals surface area contributed by atoms with Gasteiger partial charge in [-0.2, -0.15) is 0 Å². The Morgan fingerprint density at radius 1 is 1.04 bits per heavy atom. The minimum atomic E-state index is -0.626. The lowest BCUT2D eigenvalue weighted by Gasteiger charge is -2.08. The van der Waals surface area contributed by atoms with Crippen molar-refractivity contribution in [1.82, 2.24) is 0 Å². The summed E-state index contributed by atoms with van der Waals surface area (Å²) >= 11 is 17.6. The van der Waals surface area contributed by atoms with E-state index in [9.17, 15) is 9.59 Å². The van der Waals surface area contributed by atoms with Gasteiger partial charge < -0.3 is 9.47 Å². The van der Waals surface area contributed by atoms with E-state index in [2.05, 4.69) is 0 Å². The number of esters is 2. The first-order valence-electron chi connectivity index (χ1n) is 7.09. The maximum Gasteiger partial charge on any atom is 0.311 e. The van der Waals surface area contributed by atoms with Gasteiger partial charge in [0.15, 0.2) is 5.75 Å². The molecule has 1 aromatic rings. The molecule has 7 heteroatoms. The van der Waals surface area contributed by atoms with Crippen molar-refractivity contribution < 1.29 is 19.1 Å². The molecule has 0 heterocycles. The zero-order chi connectivity index (χ0) is 17.2. The molecule has 4 nitrogen and oxygen atoms in total. The predicted octanol–water partition coefficient (Wildman–Crippen LogP) is 5.23. The van der Waals surface area contributed by atoms with E-state index in [0.29, 0.717) is 18.1 Å². The summed E-state index contributed by atoms with van der Waals surface area (Å²) in [5.74, 6) is -1.06. The molecule has 0 aliphatic rings. The van der Waals surface area contributed by atoms with Crippen molar-refractivity contribution in [3.05, 3.63) is 39.4 Å². The lowest BCUT2D eigenvalue weighted by molar-refractivity contribution is -0.146. The van der Waals surface area contributed by atoms with Crippen LogP contribution in [0.2, 0.25) is 15.1 Å². The Morgan fingerprint density at radius 2 is 1.65 bits per heavy atom. The average Bonchev–Trinajstić information content (AvgIpc) is 2.48. The molecular formula is C16H17Cl3O4. The fourth-order valence-electron chi connectivity index (χ4n) is 1.59. The van der Waals surface area contributed by atoms with Gasteiger partial charge in [0.25, 0.3) is 0 Å². The molecule has 0 amide bonds. The molecule has 126 valence electrons. The molecule has 1 rings (SSSR count). The summed E-state index contributed by atoms with van der Waals surface area (Å²) in [4.78, 5) is 23.2. The van der Waals surface area contributed by atoms with Crippen molar-refractivity contribution in [2.24, 2.45) is 0 Å². The van der Waals surface area contributed by atoms with Gasteiger partial charge in [-0.25, -0.2) is 0 Å². The molecule has 0 aliphatic carbocycles. The van der Waals surface area contributed by atoms with E-state index in [0.717, 1.165) is 6.42 Å². The SMILES string of the molecule is CC/C=C/CCOC(=O)CCC(=O)Oc1c(Cl)cc(Cl)cc1Cl.